The summed E-state index contributed by atoms with van der Waals surface area (Å²) in [6.45, 7) is 2.29. The smallest absolute Gasteiger partial charge is 0.220 e. The van der Waals surface area contributed by atoms with E-state index in [2.05, 4.69) is 10.3 Å². The molecule has 0 amide bonds. The Balaban J connectivity index is 2.83. The Labute approximate surface area is 89.6 Å². The predicted octanol–water partition coefficient (Wildman–Crippen LogP) is 0.493. The third kappa shape index (κ3) is 3.07. The molecule has 0 aliphatic rings. The summed E-state index contributed by atoms with van der Waals surface area (Å²) in [6.07, 6.45) is -0.0917. The van der Waals surface area contributed by atoms with E-state index >= 15 is 0 Å². The highest BCUT2D eigenvalue weighted by Crippen LogP contribution is 2.19. The van der Waals surface area contributed by atoms with Gasteiger partial charge in [-0.25, -0.2) is 0 Å². The quantitative estimate of drug-likeness (QED) is 0.694. The minimum Gasteiger partial charge on any atom is -0.481 e. The Morgan fingerprint density at radius 1 is 1.53 bits per heavy atom. The zero-order valence-corrected chi connectivity index (χ0v) is 9.28. The third-order valence-corrected chi connectivity index (χ3v) is 2.03. The monoisotopic (exact) mass is 211 g/mol. The lowest BCUT2D eigenvalue weighted by molar-refractivity contribution is 0.183. The van der Waals surface area contributed by atoms with Gasteiger partial charge in [0.25, 0.3) is 0 Å². The van der Waals surface area contributed by atoms with Crippen LogP contribution in [-0.4, -0.2) is 25.4 Å². The first-order valence-corrected chi connectivity index (χ1v) is 4.79. The number of aromatic nitrogens is 1. The molecule has 1 aromatic heterocycles. The lowest BCUT2D eigenvalue weighted by atomic mass is 10.3. The first-order chi connectivity index (χ1) is 7.21. The summed E-state index contributed by atoms with van der Waals surface area (Å²) in [6, 6.07) is 3.63. The maximum Gasteiger partial charge on any atom is 0.220 e. The van der Waals surface area contributed by atoms with E-state index in [1.807, 2.05) is 20.0 Å². The molecule has 0 fully saturated rings. The van der Waals surface area contributed by atoms with Gasteiger partial charge in [0.1, 0.15) is 6.23 Å². The van der Waals surface area contributed by atoms with Crippen LogP contribution in [0.15, 0.2) is 12.1 Å². The van der Waals surface area contributed by atoms with E-state index in [0.29, 0.717) is 18.3 Å². The molecular weight excluding hydrogens is 194 g/mol. The molecule has 1 heterocycles. The van der Waals surface area contributed by atoms with Crippen molar-refractivity contribution in [2.45, 2.75) is 19.7 Å². The van der Waals surface area contributed by atoms with E-state index in [4.69, 9.17) is 15.2 Å². The third-order valence-electron chi connectivity index (χ3n) is 2.03. The summed E-state index contributed by atoms with van der Waals surface area (Å²) in [5.74, 6) is 1.03. The fourth-order valence-corrected chi connectivity index (χ4v) is 1.09. The highest BCUT2D eigenvalue weighted by atomic mass is 16.5. The SMILES string of the molecule is CNC(C)Oc1ccc(CN)c(OC)n1. The number of rotatable bonds is 5. The first kappa shape index (κ1) is 11.7. The van der Waals surface area contributed by atoms with E-state index in [9.17, 15) is 0 Å². The number of nitrogens with one attached hydrogen (secondary N) is 1. The van der Waals surface area contributed by atoms with Gasteiger partial charge in [0, 0.05) is 18.2 Å². The van der Waals surface area contributed by atoms with Gasteiger partial charge in [-0.05, 0) is 20.0 Å². The number of nitrogens with zero attached hydrogens (tertiary/aromatic N) is 1. The minimum atomic E-state index is -0.0917. The number of pyridine rings is 1. The topological polar surface area (TPSA) is 69.4 Å². The minimum absolute atomic E-state index is 0.0917. The van der Waals surface area contributed by atoms with Crippen LogP contribution in [0.1, 0.15) is 12.5 Å². The van der Waals surface area contributed by atoms with E-state index in [1.54, 1.807) is 13.2 Å². The van der Waals surface area contributed by atoms with E-state index < -0.39 is 0 Å². The second kappa shape index (κ2) is 5.53. The molecule has 84 valence electrons. The van der Waals surface area contributed by atoms with Gasteiger partial charge in [0.15, 0.2) is 0 Å². The van der Waals surface area contributed by atoms with Crippen molar-refractivity contribution in [3.8, 4) is 11.8 Å². The molecular formula is C10H17N3O2. The first-order valence-electron chi connectivity index (χ1n) is 4.79. The van der Waals surface area contributed by atoms with Crippen LogP contribution in [-0.2, 0) is 6.54 Å². The number of nitrogens with two attached hydrogens (primary N) is 1. The van der Waals surface area contributed by atoms with Gasteiger partial charge in [-0.2, -0.15) is 4.98 Å². The summed E-state index contributed by atoms with van der Waals surface area (Å²) < 4.78 is 10.6. The highest BCUT2D eigenvalue weighted by molar-refractivity contribution is 5.30. The highest BCUT2D eigenvalue weighted by Gasteiger charge is 2.07. The lowest BCUT2D eigenvalue weighted by Crippen LogP contribution is -2.27. The van der Waals surface area contributed by atoms with Crippen molar-refractivity contribution < 1.29 is 9.47 Å². The Morgan fingerprint density at radius 2 is 2.27 bits per heavy atom. The summed E-state index contributed by atoms with van der Waals surface area (Å²) in [5.41, 5.74) is 6.39. The van der Waals surface area contributed by atoms with Crippen LogP contribution in [0.4, 0.5) is 0 Å². The van der Waals surface area contributed by atoms with Crippen LogP contribution in [0.25, 0.3) is 0 Å². The standard InChI is InChI=1S/C10H17N3O2/c1-7(12-2)15-9-5-4-8(6-11)10(13-9)14-3/h4-5,7,12H,6,11H2,1-3H3. The van der Waals surface area contributed by atoms with Crippen molar-refractivity contribution in [3.05, 3.63) is 17.7 Å². The maximum atomic E-state index is 5.53. The molecule has 0 saturated heterocycles. The van der Waals surface area contributed by atoms with Crippen LogP contribution in [0.3, 0.4) is 0 Å². The van der Waals surface area contributed by atoms with Crippen LogP contribution in [0.2, 0.25) is 0 Å². The van der Waals surface area contributed by atoms with Gasteiger partial charge < -0.3 is 15.2 Å². The van der Waals surface area contributed by atoms with E-state index in [1.165, 1.54) is 0 Å². The largest absolute Gasteiger partial charge is 0.481 e. The Kier molecular flexibility index (Phi) is 4.33. The van der Waals surface area contributed by atoms with Gasteiger partial charge in [-0.15, -0.1) is 0 Å². The van der Waals surface area contributed by atoms with Crippen LogP contribution in [0, 0.1) is 0 Å². The lowest BCUT2D eigenvalue weighted by Gasteiger charge is -2.14. The molecule has 1 rings (SSSR count). The molecule has 0 spiro atoms. The van der Waals surface area contributed by atoms with Crippen LogP contribution < -0.4 is 20.5 Å². The Hall–Kier alpha value is -1.33. The van der Waals surface area contributed by atoms with Gasteiger partial charge >= 0.3 is 0 Å². The summed E-state index contributed by atoms with van der Waals surface area (Å²) in [7, 11) is 3.38. The van der Waals surface area contributed by atoms with Gasteiger partial charge in [-0.3, -0.25) is 5.32 Å². The molecule has 0 aromatic carbocycles. The summed E-state index contributed by atoms with van der Waals surface area (Å²) in [5, 5.41) is 2.95. The van der Waals surface area contributed by atoms with Crippen molar-refractivity contribution in [1.82, 2.24) is 10.3 Å². The van der Waals surface area contributed by atoms with Gasteiger partial charge in [0.2, 0.25) is 11.8 Å². The molecule has 15 heavy (non-hydrogen) atoms. The van der Waals surface area contributed by atoms with Crippen molar-refractivity contribution in [2.75, 3.05) is 14.2 Å². The molecule has 0 aliphatic heterocycles. The Bertz CT molecular complexity index is 318. The van der Waals surface area contributed by atoms with Crippen molar-refractivity contribution in [1.29, 1.82) is 0 Å². The fraction of sp³-hybridized carbons (Fsp3) is 0.500. The number of hydrogen-bond donors (Lipinski definition) is 2. The zero-order valence-electron chi connectivity index (χ0n) is 9.28. The predicted molar refractivity (Wildman–Crippen MR) is 57.8 cm³/mol. The molecule has 5 nitrogen and oxygen atoms in total. The van der Waals surface area contributed by atoms with Crippen LogP contribution in [0.5, 0.6) is 11.8 Å². The number of hydrogen-bond acceptors (Lipinski definition) is 5. The Morgan fingerprint density at radius 3 is 2.80 bits per heavy atom. The summed E-state index contributed by atoms with van der Waals surface area (Å²) >= 11 is 0. The average molecular weight is 211 g/mol. The second-order valence-electron chi connectivity index (χ2n) is 3.07. The fourth-order valence-electron chi connectivity index (χ4n) is 1.09. The molecule has 5 heteroatoms. The molecule has 1 aromatic rings. The molecule has 1 atom stereocenters. The van der Waals surface area contributed by atoms with Gasteiger partial charge in [0.05, 0.1) is 7.11 Å². The van der Waals surface area contributed by atoms with E-state index in [-0.39, 0.29) is 6.23 Å². The zero-order chi connectivity index (χ0) is 11.3. The molecule has 1 unspecified atom stereocenters. The maximum absolute atomic E-state index is 5.53. The number of methoxy groups -OCH3 is 1. The molecule has 0 radical (unpaired) electrons. The molecule has 3 N–H and O–H groups in total. The average Bonchev–Trinajstić information content (AvgIpc) is 2.28. The molecule has 0 aliphatic carbocycles. The normalized spacial score (nSPS) is 12.3. The van der Waals surface area contributed by atoms with Crippen molar-refractivity contribution in [2.24, 2.45) is 5.73 Å². The van der Waals surface area contributed by atoms with Crippen molar-refractivity contribution >= 4 is 0 Å². The molecule has 0 saturated carbocycles. The number of ether oxygens (including phenoxy) is 2. The second-order valence-corrected chi connectivity index (χ2v) is 3.07. The van der Waals surface area contributed by atoms with E-state index in [0.717, 1.165) is 5.56 Å². The van der Waals surface area contributed by atoms with Crippen molar-refractivity contribution in [3.63, 3.8) is 0 Å². The van der Waals surface area contributed by atoms with Crippen LogP contribution >= 0.6 is 0 Å². The summed E-state index contributed by atoms with van der Waals surface area (Å²) in [4.78, 5) is 4.19. The molecule has 0 bridgehead atoms. The van der Waals surface area contributed by atoms with Gasteiger partial charge in [-0.1, -0.05) is 0 Å².